The number of aryl methyl sites for hydroxylation is 1. The maximum Gasteiger partial charge on any atom is 0.339 e. The molecule has 27 heavy (non-hydrogen) atoms. The highest BCUT2D eigenvalue weighted by molar-refractivity contribution is 5.90. The molecule has 2 aromatic rings. The summed E-state index contributed by atoms with van der Waals surface area (Å²) in [6.07, 6.45) is 3.03. The first-order chi connectivity index (χ1) is 13.0. The van der Waals surface area contributed by atoms with Gasteiger partial charge in [0.05, 0.1) is 11.1 Å². The van der Waals surface area contributed by atoms with E-state index in [1.165, 1.54) is 12.2 Å². The molecule has 0 saturated heterocycles. The van der Waals surface area contributed by atoms with Crippen molar-refractivity contribution in [2.45, 2.75) is 26.9 Å². The lowest BCUT2D eigenvalue weighted by Gasteiger charge is -2.13. The number of aliphatic hydroxyl groups is 1. The third-order valence-corrected chi connectivity index (χ3v) is 4.00. The third kappa shape index (κ3) is 5.23. The van der Waals surface area contributed by atoms with Gasteiger partial charge in [0.15, 0.2) is 0 Å². The summed E-state index contributed by atoms with van der Waals surface area (Å²) in [5, 5.41) is 28.3. The Labute approximate surface area is 158 Å². The van der Waals surface area contributed by atoms with Crippen LogP contribution >= 0.6 is 0 Å². The average Bonchev–Trinajstić information content (AvgIpc) is 2.67. The summed E-state index contributed by atoms with van der Waals surface area (Å²) in [5.41, 5.74) is 2.78. The number of nitriles is 1. The summed E-state index contributed by atoms with van der Waals surface area (Å²) < 4.78 is 5.84. The number of ether oxygens (including phenoxy) is 1. The molecule has 0 amide bonds. The Morgan fingerprint density at radius 1 is 1.19 bits per heavy atom. The van der Waals surface area contributed by atoms with Crippen LogP contribution in [-0.2, 0) is 17.8 Å². The number of nitrogens with zero attached hydrogens (tertiary/aromatic N) is 1. The first kappa shape index (κ1) is 19.8. The molecule has 0 saturated carbocycles. The molecule has 0 unspecified atom stereocenters. The first-order valence-electron chi connectivity index (χ1n) is 8.45. The fraction of sp³-hybridized carbons (Fsp3) is 0.182. The highest BCUT2D eigenvalue weighted by atomic mass is 16.5. The van der Waals surface area contributed by atoms with Gasteiger partial charge in [0, 0.05) is 0 Å². The van der Waals surface area contributed by atoms with Crippen molar-refractivity contribution in [3.63, 3.8) is 0 Å². The van der Waals surface area contributed by atoms with Gasteiger partial charge in [0.2, 0.25) is 0 Å². The lowest BCUT2D eigenvalue weighted by atomic mass is 10.0. The van der Waals surface area contributed by atoms with Gasteiger partial charge in [-0.2, -0.15) is 5.26 Å². The SMILES string of the molecule is C/C=C(O)\C(=C/Cc1cc(C)c(OCc2ccccc2)c(C#N)c1)C(=O)O. The third-order valence-electron chi connectivity index (χ3n) is 4.00. The van der Waals surface area contributed by atoms with Crippen LogP contribution in [-0.4, -0.2) is 16.2 Å². The molecule has 0 fully saturated rings. The Hall–Kier alpha value is -3.52. The molecule has 2 rings (SSSR count). The summed E-state index contributed by atoms with van der Waals surface area (Å²) in [6, 6.07) is 15.3. The van der Waals surface area contributed by atoms with E-state index in [1.54, 1.807) is 13.0 Å². The number of carbonyl (C=O) groups is 1. The molecule has 0 aliphatic carbocycles. The van der Waals surface area contributed by atoms with Crippen molar-refractivity contribution >= 4 is 5.97 Å². The molecule has 5 nitrogen and oxygen atoms in total. The van der Waals surface area contributed by atoms with E-state index in [0.29, 0.717) is 17.9 Å². The van der Waals surface area contributed by atoms with Crippen LogP contribution in [0.2, 0.25) is 0 Å². The van der Waals surface area contributed by atoms with Gasteiger partial charge >= 0.3 is 5.97 Å². The number of rotatable bonds is 7. The Kier molecular flexibility index (Phi) is 6.79. The van der Waals surface area contributed by atoms with Crippen LogP contribution in [0.25, 0.3) is 0 Å². The number of hydrogen-bond acceptors (Lipinski definition) is 4. The monoisotopic (exact) mass is 363 g/mol. The summed E-state index contributed by atoms with van der Waals surface area (Å²) in [4.78, 5) is 11.2. The Bertz CT molecular complexity index is 921. The fourth-order valence-corrected chi connectivity index (χ4v) is 2.65. The molecular formula is C22H21NO4. The molecule has 0 atom stereocenters. The summed E-state index contributed by atoms with van der Waals surface area (Å²) in [5.74, 6) is -0.975. The van der Waals surface area contributed by atoms with E-state index < -0.39 is 5.97 Å². The average molecular weight is 363 g/mol. The number of aliphatic carboxylic acids is 1. The van der Waals surface area contributed by atoms with Crippen molar-refractivity contribution in [1.29, 1.82) is 5.26 Å². The minimum atomic E-state index is -1.20. The van der Waals surface area contributed by atoms with Crippen molar-refractivity contribution in [2.24, 2.45) is 0 Å². The number of benzene rings is 2. The predicted molar refractivity (Wildman–Crippen MR) is 102 cm³/mol. The van der Waals surface area contributed by atoms with Gasteiger partial charge in [-0.05, 0) is 49.1 Å². The highest BCUT2D eigenvalue weighted by Crippen LogP contribution is 2.26. The van der Waals surface area contributed by atoms with E-state index in [2.05, 4.69) is 6.07 Å². The lowest BCUT2D eigenvalue weighted by Crippen LogP contribution is -2.04. The van der Waals surface area contributed by atoms with Crippen molar-refractivity contribution < 1.29 is 19.7 Å². The van der Waals surface area contributed by atoms with E-state index in [1.807, 2.05) is 43.3 Å². The van der Waals surface area contributed by atoms with Crippen LogP contribution in [0.1, 0.15) is 29.2 Å². The Morgan fingerprint density at radius 2 is 1.89 bits per heavy atom. The molecule has 0 radical (unpaired) electrons. The van der Waals surface area contributed by atoms with E-state index >= 15 is 0 Å². The lowest BCUT2D eigenvalue weighted by molar-refractivity contribution is -0.132. The van der Waals surface area contributed by atoms with Crippen LogP contribution in [0.15, 0.2) is 65.9 Å². The summed E-state index contributed by atoms with van der Waals surface area (Å²) in [7, 11) is 0. The topological polar surface area (TPSA) is 90.5 Å². The standard InChI is InChI=1S/C22H21NO4/c1-3-20(24)19(22(25)26)10-9-17-11-15(2)21(18(12-17)13-23)27-14-16-7-5-4-6-8-16/h3-8,10-12,24H,9,14H2,1-2H3,(H,25,26)/b19-10+,20-3+. The van der Waals surface area contributed by atoms with Crippen LogP contribution in [0.5, 0.6) is 5.75 Å². The van der Waals surface area contributed by atoms with Gasteiger partial charge in [-0.15, -0.1) is 0 Å². The zero-order valence-electron chi connectivity index (χ0n) is 15.3. The van der Waals surface area contributed by atoms with Gasteiger partial charge in [0.25, 0.3) is 0 Å². The summed E-state index contributed by atoms with van der Waals surface area (Å²) in [6.45, 7) is 3.76. The largest absolute Gasteiger partial charge is 0.507 e. The fourth-order valence-electron chi connectivity index (χ4n) is 2.65. The number of allylic oxidation sites excluding steroid dienone is 2. The van der Waals surface area contributed by atoms with Crippen molar-refractivity contribution in [1.82, 2.24) is 0 Å². The van der Waals surface area contributed by atoms with Crippen molar-refractivity contribution in [3.8, 4) is 11.8 Å². The molecule has 138 valence electrons. The molecule has 0 heterocycles. The van der Waals surface area contributed by atoms with Crippen LogP contribution in [0.4, 0.5) is 0 Å². The second-order valence-corrected chi connectivity index (χ2v) is 5.98. The first-order valence-corrected chi connectivity index (χ1v) is 8.45. The summed E-state index contributed by atoms with van der Waals surface area (Å²) >= 11 is 0. The zero-order chi connectivity index (χ0) is 19.8. The van der Waals surface area contributed by atoms with Gasteiger partial charge in [-0.25, -0.2) is 4.79 Å². The normalized spacial score (nSPS) is 11.7. The molecule has 5 heteroatoms. The van der Waals surface area contributed by atoms with Gasteiger partial charge in [-0.1, -0.05) is 42.5 Å². The molecule has 0 aliphatic heterocycles. The van der Waals surface area contributed by atoms with Gasteiger partial charge < -0.3 is 14.9 Å². The van der Waals surface area contributed by atoms with E-state index in [-0.39, 0.29) is 17.8 Å². The molecule has 0 aromatic heterocycles. The predicted octanol–water partition coefficient (Wildman–Crippen LogP) is 4.46. The minimum absolute atomic E-state index is 0.168. The van der Waals surface area contributed by atoms with Crippen molar-refractivity contribution in [3.05, 3.63) is 88.2 Å². The molecule has 2 N–H and O–H groups in total. The number of carboxylic acid groups (broad SMARTS) is 1. The number of carboxylic acids is 1. The quantitative estimate of drug-likeness (QED) is 0.430. The molecule has 2 aromatic carbocycles. The Morgan fingerprint density at radius 3 is 2.48 bits per heavy atom. The minimum Gasteiger partial charge on any atom is -0.507 e. The van der Waals surface area contributed by atoms with E-state index in [0.717, 1.165) is 16.7 Å². The Balaban J connectivity index is 2.25. The molecule has 0 aliphatic rings. The molecule has 0 bridgehead atoms. The number of hydrogen-bond donors (Lipinski definition) is 2. The van der Waals surface area contributed by atoms with Crippen LogP contribution in [0, 0.1) is 18.3 Å². The second kappa shape index (κ2) is 9.25. The second-order valence-electron chi connectivity index (χ2n) is 5.98. The molecule has 0 spiro atoms. The van der Waals surface area contributed by atoms with Crippen molar-refractivity contribution in [2.75, 3.05) is 0 Å². The van der Waals surface area contributed by atoms with Crippen LogP contribution < -0.4 is 4.74 Å². The zero-order valence-corrected chi connectivity index (χ0v) is 15.3. The van der Waals surface area contributed by atoms with Gasteiger partial charge in [-0.3, -0.25) is 0 Å². The molecular weight excluding hydrogens is 342 g/mol. The van der Waals surface area contributed by atoms with E-state index in [4.69, 9.17) is 4.74 Å². The highest BCUT2D eigenvalue weighted by Gasteiger charge is 2.13. The van der Waals surface area contributed by atoms with Gasteiger partial charge in [0.1, 0.15) is 24.2 Å². The van der Waals surface area contributed by atoms with Crippen LogP contribution in [0.3, 0.4) is 0 Å². The maximum atomic E-state index is 11.2. The smallest absolute Gasteiger partial charge is 0.339 e. The number of aliphatic hydroxyl groups excluding tert-OH is 1. The van der Waals surface area contributed by atoms with E-state index in [9.17, 15) is 20.3 Å². The maximum absolute atomic E-state index is 11.2.